The molecule has 0 saturated carbocycles. The molecular formula is C23H19N3O3S2. The van der Waals surface area contributed by atoms with E-state index in [0.29, 0.717) is 5.71 Å². The topological polar surface area (TPSA) is 87.6 Å². The van der Waals surface area contributed by atoms with E-state index >= 15 is 0 Å². The number of amides is 1. The Labute approximate surface area is 184 Å². The molecule has 0 spiro atoms. The zero-order valence-corrected chi connectivity index (χ0v) is 18.2. The molecule has 2 N–H and O–H groups in total. The number of carbonyl (C=O) groups is 1. The van der Waals surface area contributed by atoms with Crippen LogP contribution < -0.4 is 10.1 Å². The van der Waals surface area contributed by atoms with Crippen LogP contribution in [0, 0.1) is 0 Å². The van der Waals surface area contributed by atoms with Crippen LogP contribution in [0.25, 0.3) is 10.8 Å². The molecule has 0 fully saturated rings. The van der Waals surface area contributed by atoms with Gasteiger partial charge in [0.1, 0.15) is 4.21 Å². The number of hydrazone groups is 1. The van der Waals surface area contributed by atoms with Gasteiger partial charge in [0.25, 0.3) is 15.9 Å². The minimum absolute atomic E-state index is 0.174. The number of anilines is 1. The maximum atomic E-state index is 12.7. The van der Waals surface area contributed by atoms with Crippen molar-refractivity contribution in [2.45, 2.75) is 11.1 Å². The number of thiophene rings is 1. The van der Waals surface area contributed by atoms with Crippen molar-refractivity contribution in [2.24, 2.45) is 5.10 Å². The highest BCUT2D eigenvalue weighted by Gasteiger charge is 2.19. The average molecular weight is 450 g/mol. The maximum absolute atomic E-state index is 12.7. The lowest BCUT2D eigenvalue weighted by Crippen LogP contribution is -2.22. The van der Waals surface area contributed by atoms with E-state index in [1.807, 2.05) is 42.5 Å². The Morgan fingerprint density at radius 3 is 2.42 bits per heavy atom. The molecule has 1 heterocycles. The van der Waals surface area contributed by atoms with E-state index in [1.54, 1.807) is 42.6 Å². The molecular weight excluding hydrogens is 430 g/mol. The number of hydrogen-bond acceptors (Lipinski definition) is 5. The van der Waals surface area contributed by atoms with Crippen molar-refractivity contribution in [3.05, 3.63) is 95.4 Å². The Balaban J connectivity index is 1.54. The number of carbonyl (C=O) groups excluding carboxylic acids is 1. The lowest BCUT2D eigenvalue weighted by molar-refractivity contribution is 0.0955. The minimum Gasteiger partial charge on any atom is -0.278 e. The normalized spacial score (nSPS) is 12.0. The monoisotopic (exact) mass is 449 g/mol. The van der Waals surface area contributed by atoms with E-state index in [1.165, 1.54) is 6.07 Å². The number of nitrogens with zero attached hydrogens (tertiary/aromatic N) is 1. The first-order valence-corrected chi connectivity index (χ1v) is 11.8. The van der Waals surface area contributed by atoms with Gasteiger partial charge in [0.2, 0.25) is 0 Å². The zero-order chi connectivity index (χ0) is 21.8. The van der Waals surface area contributed by atoms with Crippen LogP contribution in [0.3, 0.4) is 0 Å². The number of para-hydroxylation sites is 1. The van der Waals surface area contributed by atoms with Crippen LogP contribution in [-0.4, -0.2) is 20.0 Å². The second-order valence-electron chi connectivity index (χ2n) is 6.78. The van der Waals surface area contributed by atoms with Crippen molar-refractivity contribution >= 4 is 49.4 Å². The average Bonchev–Trinajstić information content (AvgIpc) is 3.33. The smallest absolute Gasteiger partial charge is 0.273 e. The lowest BCUT2D eigenvalue weighted by atomic mass is 10.0. The van der Waals surface area contributed by atoms with Gasteiger partial charge in [-0.1, -0.05) is 54.6 Å². The quantitative estimate of drug-likeness (QED) is 0.326. The Kier molecular flexibility index (Phi) is 5.83. The first-order valence-electron chi connectivity index (χ1n) is 9.43. The van der Waals surface area contributed by atoms with Crippen LogP contribution in [0.5, 0.6) is 0 Å². The fraction of sp³-hybridized carbons (Fsp3) is 0.0435. The van der Waals surface area contributed by atoms with Gasteiger partial charge in [-0.25, -0.2) is 13.8 Å². The predicted octanol–water partition coefficient (Wildman–Crippen LogP) is 4.86. The van der Waals surface area contributed by atoms with Gasteiger partial charge in [0.15, 0.2) is 0 Å². The lowest BCUT2D eigenvalue weighted by Gasteiger charge is -2.11. The molecule has 1 aromatic heterocycles. The third kappa shape index (κ3) is 4.65. The van der Waals surface area contributed by atoms with E-state index in [-0.39, 0.29) is 15.5 Å². The molecule has 4 aromatic rings. The Morgan fingerprint density at radius 2 is 1.65 bits per heavy atom. The molecule has 1 amide bonds. The van der Waals surface area contributed by atoms with Gasteiger partial charge >= 0.3 is 0 Å². The van der Waals surface area contributed by atoms with Crippen LogP contribution in [-0.2, 0) is 10.0 Å². The zero-order valence-electron chi connectivity index (χ0n) is 16.6. The van der Waals surface area contributed by atoms with Gasteiger partial charge in [-0.3, -0.25) is 9.52 Å². The minimum atomic E-state index is -3.77. The van der Waals surface area contributed by atoms with E-state index in [0.717, 1.165) is 27.7 Å². The maximum Gasteiger partial charge on any atom is 0.273 e. The third-order valence-corrected chi connectivity index (χ3v) is 7.43. The number of sulfonamides is 1. The van der Waals surface area contributed by atoms with Gasteiger partial charge in [-0.2, -0.15) is 5.10 Å². The molecule has 0 bridgehead atoms. The molecule has 31 heavy (non-hydrogen) atoms. The van der Waals surface area contributed by atoms with Gasteiger partial charge in [0.05, 0.1) is 17.0 Å². The first-order chi connectivity index (χ1) is 14.9. The van der Waals surface area contributed by atoms with Gasteiger partial charge < -0.3 is 0 Å². The van der Waals surface area contributed by atoms with Crippen LogP contribution >= 0.6 is 11.3 Å². The van der Waals surface area contributed by atoms with Crippen molar-refractivity contribution in [1.82, 2.24) is 5.43 Å². The molecule has 3 aromatic carbocycles. The summed E-state index contributed by atoms with van der Waals surface area (Å²) >= 11 is 1.10. The second kappa shape index (κ2) is 8.71. The number of benzene rings is 3. The standard InChI is InChI=1S/C23H19N3O3S2/c1-16(18-13-12-17-7-2-3-8-19(17)15-18)24-25-23(27)20-9-4-5-10-21(20)26-31(28,29)22-11-6-14-30-22/h2-15,26H,1H3,(H,25,27). The van der Waals surface area contributed by atoms with Crippen molar-refractivity contribution in [3.63, 3.8) is 0 Å². The van der Waals surface area contributed by atoms with Crippen LogP contribution in [0.2, 0.25) is 0 Å². The number of hydrogen-bond donors (Lipinski definition) is 2. The largest absolute Gasteiger partial charge is 0.278 e. The fourth-order valence-corrected chi connectivity index (χ4v) is 5.13. The summed E-state index contributed by atoms with van der Waals surface area (Å²) in [6.07, 6.45) is 0. The molecule has 0 aliphatic rings. The number of nitrogens with one attached hydrogen (secondary N) is 2. The van der Waals surface area contributed by atoms with Gasteiger partial charge in [-0.15, -0.1) is 11.3 Å². The molecule has 0 unspecified atom stereocenters. The summed E-state index contributed by atoms with van der Waals surface area (Å²) in [7, 11) is -3.77. The second-order valence-corrected chi connectivity index (χ2v) is 9.64. The number of rotatable bonds is 6. The highest BCUT2D eigenvalue weighted by Crippen LogP contribution is 2.23. The fourth-order valence-electron chi connectivity index (χ4n) is 3.06. The van der Waals surface area contributed by atoms with E-state index in [4.69, 9.17) is 0 Å². The Hall–Kier alpha value is -3.49. The first kappa shape index (κ1) is 20.8. The summed E-state index contributed by atoms with van der Waals surface area (Å²) in [5, 5.41) is 8.08. The summed E-state index contributed by atoms with van der Waals surface area (Å²) in [5.74, 6) is -0.510. The van der Waals surface area contributed by atoms with Gasteiger partial charge in [-0.05, 0) is 52.9 Å². The number of fused-ring (bicyclic) bond motifs is 1. The molecule has 6 nitrogen and oxygen atoms in total. The summed E-state index contributed by atoms with van der Waals surface area (Å²) in [4.78, 5) is 12.7. The molecule has 0 saturated heterocycles. The highest BCUT2D eigenvalue weighted by atomic mass is 32.2. The summed E-state index contributed by atoms with van der Waals surface area (Å²) in [6, 6.07) is 23.5. The van der Waals surface area contributed by atoms with Crippen molar-refractivity contribution in [2.75, 3.05) is 4.72 Å². The summed E-state index contributed by atoms with van der Waals surface area (Å²) in [5.41, 5.74) is 4.40. The highest BCUT2D eigenvalue weighted by molar-refractivity contribution is 7.94. The molecule has 0 radical (unpaired) electrons. The van der Waals surface area contributed by atoms with Crippen LogP contribution in [0.4, 0.5) is 5.69 Å². The Morgan fingerprint density at radius 1 is 0.903 bits per heavy atom. The molecule has 8 heteroatoms. The van der Waals surface area contributed by atoms with Crippen LogP contribution in [0.1, 0.15) is 22.8 Å². The Bertz CT molecular complexity index is 1380. The molecule has 4 rings (SSSR count). The van der Waals surface area contributed by atoms with E-state index in [9.17, 15) is 13.2 Å². The summed E-state index contributed by atoms with van der Waals surface area (Å²) < 4.78 is 27.7. The third-order valence-electron chi connectivity index (χ3n) is 4.67. The molecule has 0 aliphatic carbocycles. The van der Waals surface area contributed by atoms with Crippen LogP contribution in [0.15, 0.2) is 93.6 Å². The molecule has 156 valence electrons. The molecule has 0 atom stereocenters. The van der Waals surface area contributed by atoms with Crippen molar-refractivity contribution < 1.29 is 13.2 Å². The predicted molar refractivity (Wildman–Crippen MR) is 125 cm³/mol. The summed E-state index contributed by atoms with van der Waals surface area (Å²) in [6.45, 7) is 1.80. The van der Waals surface area contributed by atoms with Gasteiger partial charge in [0, 0.05) is 0 Å². The van der Waals surface area contributed by atoms with E-state index in [2.05, 4.69) is 15.2 Å². The van der Waals surface area contributed by atoms with Crippen molar-refractivity contribution in [3.8, 4) is 0 Å². The SMILES string of the molecule is CC(=NNC(=O)c1ccccc1NS(=O)(=O)c1cccs1)c1ccc2ccccc2c1. The molecule has 0 aliphatic heterocycles. The van der Waals surface area contributed by atoms with E-state index < -0.39 is 15.9 Å². The van der Waals surface area contributed by atoms with Crippen molar-refractivity contribution in [1.29, 1.82) is 0 Å².